The largest absolute Gasteiger partial charge is 2.00 e. The van der Waals surface area contributed by atoms with Crippen molar-refractivity contribution >= 4 is 81.5 Å². The molecule has 0 aliphatic carbocycles. The van der Waals surface area contributed by atoms with Crippen LogP contribution in [0.3, 0.4) is 0 Å². The van der Waals surface area contributed by atoms with Crippen molar-refractivity contribution in [2.45, 2.75) is 0 Å². The number of rotatable bonds is 19. The molecule has 17 aromatic carbocycles. The molecule has 8 heterocycles. The Morgan fingerprint density at radius 2 is 0.584 bits per heavy atom. The number of thiophene rings is 1. The Bertz CT molecular complexity index is 8820. The monoisotopic (exact) mass is 1990 g/mol. The normalized spacial score (nSPS) is 11.6. The second-order valence-corrected chi connectivity index (χ2v) is 35.2. The summed E-state index contributed by atoms with van der Waals surface area (Å²) < 4.78 is 21.8. The van der Waals surface area contributed by atoms with Crippen molar-refractivity contribution in [3.8, 4) is 191 Å². The maximum absolute atomic E-state index is 6.86. The SMILES string of the molecule is [C-](=Cc1[c-]cccc1)c1ccc(-c2cc(-c3ccc(-c4ccc(-c5ccc(-c6ccc(-c7nc(-c8ccc(-c9ccccc9)cc8)cc(-c8ccc(-c9cc%10ccccc%10o9)cc8)n7)cc6)cn5)cc4)cc3)nc(-c3ccc4c(c3)oc3cc(-c5cccc(-c6ccc(-c7cc(-c8ccc(-c9cc%10ccccc%10o9)cc8)nc(-c8ccc9c(c8)sc8ccccc89)n7)cc6)c5)ccc34)n2)cc1.[U+2]. The molecule has 12 heteroatoms. The van der Waals surface area contributed by atoms with Crippen LogP contribution >= 0.6 is 11.3 Å². The molecule has 0 saturated heterocycles. The smallest absolute Gasteiger partial charge is 0.456 e. The fraction of sp³-hybridized carbons (Fsp3) is 0. The molecule has 638 valence electrons. The third-order valence-electron chi connectivity index (χ3n) is 25.6. The minimum absolute atomic E-state index is 0. The molecule has 0 fully saturated rings. The fourth-order valence-corrected chi connectivity index (χ4v) is 19.4. The Hall–Kier alpha value is -17.0. The summed E-state index contributed by atoms with van der Waals surface area (Å²) in [7, 11) is 0. The van der Waals surface area contributed by atoms with E-state index in [1.165, 1.54) is 20.2 Å². The summed E-state index contributed by atoms with van der Waals surface area (Å²) in [5, 5.41) is 6.65. The molecular formula is C125H75N7O3SU. The average molecular weight is 1990 g/mol. The molecule has 0 spiro atoms. The molecule has 0 unspecified atom stereocenters. The minimum atomic E-state index is 0. The zero-order valence-electron chi connectivity index (χ0n) is 73.6. The minimum Gasteiger partial charge on any atom is -0.456 e. The maximum Gasteiger partial charge on any atom is 2.00 e. The Morgan fingerprint density at radius 3 is 1.08 bits per heavy atom. The van der Waals surface area contributed by atoms with Gasteiger partial charge in [0.05, 0.1) is 39.9 Å². The van der Waals surface area contributed by atoms with Gasteiger partial charge < -0.3 is 13.3 Å². The van der Waals surface area contributed by atoms with Crippen LogP contribution in [0.25, 0.3) is 261 Å². The molecule has 8 aromatic heterocycles. The topological polar surface area (TPSA) is 130 Å². The van der Waals surface area contributed by atoms with Crippen LogP contribution in [0.5, 0.6) is 0 Å². The molecule has 25 rings (SSSR count). The molecule has 137 heavy (non-hydrogen) atoms. The maximum atomic E-state index is 6.86. The number of benzene rings is 17. The Kier molecular flexibility index (Phi) is 21.8. The molecular weight excluding hydrogens is 1920 g/mol. The third-order valence-corrected chi connectivity index (χ3v) is 26.7. The second-order valence-electron chi connectivity index (χ2n) is 34.1. The first-order chi connectivity index (χ1) is 67.2. The van der Waals surface area contributed by atoms with Crippen molar-refractivity contribution in [1.29, 1.82) is 0 Å². The first-order valence-corrected chi connectivity index (χ1v) is 46.1. The van der Waals surface area contributed by atoms with E-state index >= 15 is 0 Å². The number of furan rings is 3. The molecule has 25 aromatic rings. The summed E-state index contributed by atoms with van der Waals surface area (Å²) in [4.78, 5) is 36.7. The van der Waals surface area contributed by atoms with Gasteiger partial charge in [0.25, 0.3) is 0 Å². The van der Waals surface area contributed by atoms with Crippen molar-refractivity contribution in [2.24, 2.45) is 0 Å². The van der Waals surface area contributed by atoms with Gasteiger partial charge in [-0.1, -0.05) is 315 Å². The van der Waals surface area contributed by atoms with Crippen molar-refractivity contribution in [2.75, 3.05) is 0 Å². The summed E-state index contributed by atoms with van der Waals surface area (Å²) in [5.41, 5.74) is 33.2. The van der Waals surface area contributed by atoms with Gasteiger partial charge in [0, 0.05) is 115 Å². The summed E-state index contributed by atoms with van der Waals surface area (Å²) in [5.74, 6) is 3.52. The summed E-state index contributed by atoms with van der Waals surface area (Å²) in [6.07, 6.45) is 7.34. The van der Waals surface area contributed by atoms with Crippen LogP contribution in [0.15, 0.2) is 462 Å². The van der Waals surface area contributed by atoms with E-state index < -0.39 is 0 Å². The van der Waals surface area contributed by atoms with Gasteiger partial charge in [-0.15, -0.1) is 29.5 Å². The van der Waals surface area contributed by atoms with Crippen molar-refractivity contribution in [3.05, 3.63) is 472 Å². The number of hydrogen-bond donors (Lipinski definition) is 0. The Balaban J connectivity index is 0.0000102. The number of nitrogens with zero attached hydrogens (tertiary/aromatic N) is 7. The van der Waals surface area contributed by atoms with Gasteiger partial charge in [-0.3, -0.25) is 4.98 Å². The number of hydrogen-bond acceptors (Lipinski definition) is 11. The van der Waals surface area contributed by atoms with Gasteiger partial charge in [-0.25, -0.2) is 41.5 Å². The van der Waals surface area contributed by atoms with Gasteiger partial charge >= 0.3 is 31.1 Å². The van der Waals surface area contributed by atoms with Crippen LogP contribution in [0.1, 0.15) is 11.1 Å². The van der Waals surface area contributed by atoms with Gasteiger partial charge in [0.1, 0.15) is 33.9 Å². The van der Waals surface area contributed by atoms with Crippen LogP contribution in [0.2, 0.25) is 0 Å². The van der Waals surface area contributed by atoms with Gasteiger partial charge in [-0.2, -0.15) is 35.9 Å². The van der Waals surface area contributed by atoms with E-state index in [9.17, 15) is 0 Å². The molecule has 0 bridgehead atoms. The van der Waals surface area contributed by atoms with Crippen LogP contribution in [-0.2, 0) is 0 Å². The van der Waals surface area contributed by atoms with Crippen molar-refractivity contribution in [1.82, 2.24) is 34.9 Å². The fourth-order valence-electron chi connectivity index (χ4n) is 18.2. The van der Waals surface area contributed by atoms with Crippen LogP contribution in [-0.4, -0.2) is 34.9 Å². The summed E-state index contributed by atoms with van der Waals surface area (Å²) >= 11 is 1.79. The number of para-hydroxylation sites is 2. The zero-order valence-corrected chi connectivity index (χ0v) is 78.5. The van der Waals surface area contributed by atoms with Gasteiger partial charge in [0.2, 0.25) is 0 Å². The second kappa shape index (κ2) is 35.9. The number of pyridine rings is 1. The molecule has 0 aliphatic heterocycles. The molecule has 0 saturated carbocycles. The standard InChI is InChI=1S/C125H75N7O3S.U/c1-3-14-78(15-4-1)26-27-79-28-30-87(31-29-79)109-74-112(89-46-36-83(37-47-89)82-32-42-86(43-33-82)108-67-63-103(77-126-108)85-40-58-95(59-41-85)123-127-110(88-44-34-81(35-45-88)80-16-5-2-6-17-80)75-111(128-123)91-50-54-93(55-51-91)117-70-99-18-7-10-23-115(99)133-117)130-124(129-109)101-61-65-105-104-64-60-98(69-119(104)135-120(105)72-101)97-21-13-20-96(68-97)84-38-48-90(49-39-84)113-76-114(92-52-56-94(57-53-92)118-71-100-19-8-11-24-116(100)134-118)132-125(131-113)102-62-66-107-106-22-9-12-25-121(106)136-122(107)73-102;/h1-14,16-26,28-77H;/q-2;+2. The Labute approximate surface area is 817 Å². The first-order valence-electron chi connectivity index (χ1n) is 45.3. The molecule has 0 atom stereocenters. The molecule has 0 amide bonds. The van der Waals surface area contributed by atoms with Gasteiger partial charge in [-0.05, 0) is 147 Å². The predicted molar refractivity (Wildman–Crippen MR) is 555 cm³/mol. The zero-order chi connectivity index (χ0) is 89.9. The van der Waals surface area contributed by atoms with E-state index in [0.717, 1.165) is 229 Å². The molecule has 0 radical (unpaired) electrons. The van der Waals surface area contributed by atoms with E-state index in [4.69, 9.17) is 48.1 Å². The molecule has 0 aliphatic rings. The van der Waals surface area contributed by atoms with E-state index in [1.807, 2.05) is 79.0 Å². The van der Waals surface area contributed by atoms with Crippen molar-refractivity contribution < 1.29 is 44.4 Å². The van der Waals surface area contributed by atoms with E-state index in [1.54, 1.807) is 11.3 Å². The summed E-state index contributed by atoms with van der Waals surface area (Å²) in [6.45, 7) is 0. The van der Waals surface area contributed by atoms with Crippen LogP contribution < -0.4 is 0 Å². The van der Waals surface area contributed by atoms with E-state index in [0.29, 0.717) is 17.5 Å². The molecule has 0 N–H and O–H groups in total. The van der Waals surface area contributed by atoms with E-state index in [2.05, 4.69) is 388 Å². The first kappa shape index (κ1) is 83.1. The number of fused-ring (bicyclic) bond motifs is 8. The predicted octanol–water partition coefficient (Wildman–Crippen LogP) is 33.2. The van der Waals surface area contributed by atoms with Crippen LogP contribution in [0.4, 0.5) is 0 Å². The quantitative estimate of drug-likeness (QED) is 0.0570. The van der Waals surface area contributed by atoms with E-state index in [-0.39, 0.29) is 31.1 Å². The number of aromatic nitrogens is 7. The summed E-state index contributed by atoms with van der Waals surface area (Å²) in [6, 6.07) is 157. The van der Waals surface area contributed by atoms with Gasteiger partial charge in [0.15, 0.2) is 17.5 Å². The van der Waals surface area contributed by atoms with Crippen molar-refractivity contribution in [3.63, 3.8) is 0 Å². The average Bonchev–Trinajstić information content (AvgIpc) is 1.61. The molecule has 10 nitrogen and oxygen atoms in total. The van der Waals surface area contributed by atoms with Crippen LogP contribution in [0, 0.1) is 43.3 Å². The Morgan fingerprint density at radius 1 is 0.226 bits per heavy atom. The third kappa shape index (κ3) is 16.7.